The van der Waals surface area contributed by atoms with Gasteiger partial charge < -0.3 is 5.32 Å². The lowest BCUT2D eigenvalue weighted by Gasteiger charge is -2.10. The standard InChI is InChI=1S/C15H15BrN4/c1-2-17-7-11-8-18-15(20-10-12(16)9-19-20)14-6-4-3-5-13(11)14/h3-6,8-10,17H,2,7H2,1H3. The van der Waals surface area contributed by atoms with E-state index in [1.165, 1.54) is 10.9 Å². The topological polar surface area (TPSA) is 42.7 Å². The van der Waals surface area contributed by atoms with Gasteiger partial charge >= 0.3 is 0 Å². The number of halogens is 1. The Hall–Kier alpha value is -1.72. The Balaban J connectivity index is 2.15. The molecular weight excluding hydrogens is 316 g/mol. The number of aromatic nitrogens is 3. The molecule has 0 spiro atoms. The minimum Gasteiger partial charge on any atom is -0.313 e. The molecule has 102 valence electrons. The Morgan fingerprint density at radius 3 is 2.70 bits per heavy atom. The van der Waals surface area contributed by atoms with E-state index in [4.69, 9.17) is 0 Å². The Bertz CT molecular complexity index is 736. The fourth-order valence-corrected chi connectivity index (χ4v) is 2.52. The van der Waals surface area contributed by atoms with Gasteiger partial charge in [-0.2, -0.15) is 5.10 Å². The van der Waals surface area contributed by atoms with Crippen LogP contribution in [0.25, 0.3) is 16.6 Å². The zero-order chi connectivity index (χ0) is 13.9. The van der Waals surface area contributed by atoms with E-state index in [-0.39, 0.29) is 0 Å². The van der Waals surface area contributed by atoms with Crippen LogP contribution in [0.15, 0.2) is 47.3 Å². The largest absolute Gasteiger partial charge is 0.313 e. The summed E-state index contributed by atoms with van der Waals surface area (Å²) in [6.07, 6.45) is 5.61. The summed E-state index contributed by atoms with van der Waals surface area (Å²) in [5.41, 5.74) is 1.21. The van der Waals surface area contributed by atoms with Gasteiger partial charge in [-0.15, -0.1) is 0 Å². The molecule has 4 nitrogen and oxygen atoms in total. The van der Waals surface area contributed by atoms with E-state index in [2.05, 4.69) is 56.5 Å². The monoisotopic (exact) mass is 330 g/mol. The lowest BCUT2D eigenvalue weighted by molar-refractivity contribution is 0.727. The zero-order valence-corrected chi connectivity index (χ0v) is 12.8. The van der Waals surface area contributed by atoms with Crippen LogP contribution in [0, 0.1) is 0 Å². The van der Waals surface area contributed by atoms with Crippen molar-refractivity contribution in [1.82, 2.24) is 20.1 Å². The first-order chi connectivity index (χ1) is 9.79. The Morgan fingerprint density at radius 2 is 2.00 bits per heavy atom. The molecular formula is C15H15BrN4. The highest BCUT2D eigenvalue weighted by Gasteiger charge is 2.09. The number of pyridine rings is 1. The number of nitrogens with zero attached hydrogens (tertiary/aromatic N) is 3. The number of hydrogen-bond donors (Lipinski definition) is 1. The van der Waals surface area contributed by atoms with Gasteiger partial charge in [0.1, 0.15) is 0 Å². The average molecular weight is 331 g/mol. The SMILES string of the molecule is CCNCc1cnc(-n2cc(Br)cn2)c2ccccc12. The predicted molar refractivity (Wildman–Crippen MR) is 83.9 cm³/mol. The van der Waals surface area contributed by atoms with Crippen LogP contribution in [0.3, 0.4) is 0 Å². The third-order valence-electron chi connectivity index (χ3n) is 3.19. The molecule has 0 aliphatic rings. The van der Waals surface area contributed by atoms with Crippen molar-refractivity contribution in [3.8, 4) is 5.82 Å². The van der Waals surface area contributed by atoms with Crippen molar-refractivity contribution in [2.45, 2.75) is 13.5 Å². The first-order valence-electron chi connectivity index (χ1n) is 6.57. The molecule has 2 heterocycles. The summed E-state index contributed by atoms with van der Waals surface area (Å²) in [4.78, 5) is 4.58. The van der Waals surface area contributed by atoms with Gasteiger partial charge in [-0.1, -0.05) is 31.2 Å². The van der Waals surface area contributed by atoms with E-state index in [1.54, 1.807) is 10.9 Å². The third-order valence-corrected chi connectivity index (χ3v) is 3.60. The lowest BCUT2D eigenvalue weighted by atomic mass is 10.1. The number of rotatable bonds is 4. The van der Waals surface area contributed by atoms with Crippen LogP contribution >= 0.6 is 15.9 Å². The van der Waals surface area contributed by atoms with Crippen molar-refractivity contribution in [3.63, 3.8) is 0 Å². The van der Waals surface area contributed by atoms with Crippen molar-refractivity contribution in [2.75, 3.05) is 6.54 Å². The maximum absolute atomic E-state index is 4.58. The van der Waals surface area contributed by atoms with Crippen molar-refractivity contribution in [2.24, 2.45) is 0 Å². The molecule has 0 bridgehead atoms. The quantitative estimate of drug-likeness (QED) is 0.798. The summed E-state index contributed by atoms with van der Waals surface area (Å²) >= 11 is 3.42. The van der Waals surface area contributed by atoms with Crippen LogP contribution in [-0.4, -0.2) is 21.3 Å². The molecule has 5 heteroatoms. The second-order valence-electron chi connectivity index (χ2n) is 4.54. The van der Waals surface area contributed by atoms with Crippen LogP contribution in [0.4, 0.5) is 0 Å². The summed E-state index contributed by atoms with van der Waals surface area (Å²) in [7, 11) is 0. The van der Waals surface area contributed by atoms with Crippen molar-refractivity contribution in [3.05, 3.63) is 52.9 Å². The summed E-state index contributed by atoms with van der Waals surface area (Å²) in [6.45, 7) is 3.88. The van der Waals surface area contributed by atoms with E-state index >= 15 is 0 Å². The van der Waals surface area contributed by atoms with Gasteiger partial charge in [0.15, 0.2) is 5.82 Å². The maximum Gasteiger partial charge on any atom is 0.161 e. The highest BCUT2D eigenvalue weighted by molar-refractivity contribution is 9.10. The summed E-state index contributed by atoms with van der Waals surface area (Å²) in [6, 6.07) is 8.30. The molecule has 2 aromatic heterocycles. The fourth-order valence-electron chi connectivity index (χ4n) is 2.24. The third kappa shape index (κ3) is 2.46. The first-order valence-corrected chi connectivity index (χ1v) is 7.36. The van der Waals surface area contributed by atoms with Gasteiger partial charge in [0.2, 0.25) is 0 Å². The molecule has 3 aromatic rings. The summed E-state index contributed by atoms with van der Waals surface area (Å²) < 4.78 is 2.74. The Labute approximate surface area is 126 Å². The van der Waals surface area contributed by atoms with Crippen LogP contribution in [0.1, 0.15) is 12.5 Å². The smallest absolute Gasteiger partial charge is 0.161 e. The minimum absolute atomic E-state index is 0.826. The second-order valence-corrected chi connectivity index (χ2v) is 5.45. The van der Waals surface area contributed by atoms with E-state index in [0.29, 0.717) is 0 Å². The normalized spacial score (nSPS) is 11.1. The van der Waals surface area contributed by atoms with Gasteiger partial charge in [-0.05, 0) is 33.4 Å². The minimum atomic E-state index is 0.826. The highest BCUT2D eigenvalue weighted by Crippen LogP contribution is 2.24. The molecule has 0 aliphatic carbocycles. The van der Waals surface area contributed by atoms with Gasteiger partial charge in [-0.3, -0.25) is 0 Å². The van der Waals surface area contributed by atoms with Crippen LogP contribution in [-0.2, 0) is 6.54 Å². The fraction of sp³-hybridized carbons (Fsp3) is 0.200. The molecule has 0 atom stereocenters. The molecule has 0 unspecified atom stereocenters. The van der Waals surface area contributed by atoms with Crippen molar-refractivity contribution in [1.29, 1.82) is 0 Å². The number of hydrogen-bond acceptors (Lipinski definition) is 3. The Kier molecular flexibility index (Phi) is 3.80. The molecule has 1 aromatic carbocycles. The molecule has 0 radical (unpaired) electrons. The highest BCUT2D eigenvalue weighted by atomic mass is 79.9. The van der Waals surface area contributed by atoms with Gasteiger partial charge in [0.25, 0.3) is 0 Å². The predicted octanol–water partition coefficient (Wildman–Crippen LogP) is 3.29. The van der Waals surface area contributed by atoms with E-state index in [1.807, 2.05) is 18.5 Å². The van der Waals surface area contributed by atoms with Gasteiger partial charge in [0.05, 0.1) is 10.7 Å². The van der Waals surface area contributed by atoms with Gasteiger partial charge in [-0.25, -0.2) is 9.67 Å². The van der Waals surface area contributed by atoms with Gasteiger partial charge in [0, 0.05) is 24.3 Å². The lowest BCUT2D eigenvalue weighted by Crippen LogP contribution is -2.13. The number of nitrogens with one attached hydrogen (secondary N) is 1. The molecule has 0 saturated heterocycles. The van der Waals surface area contributed by atoms with Crippen LogP contribution < -0.4 is 5.32 Å². The summed E-state index contributed by atoms with van der Waals surface area (Å²) in [5, 5.41) is 9.99. The number of benzene rings is 1. The first kappa shape index (κ1) is 13.3. The Morgan fingerprint density at radius 1 is 1.20 bits per heavy atom. The van der Waals surface area contributed by atoms with E-state index in [0.717, 1.165) is 28.8 Å². The maximum atomic E-state index is 4.58. The summed E-state index contributed by atoms with van der Waals surface area (Å²) in [5.74, 6) is 0.853. The van der Waals surface area contributed by atoms with Crippen molar-refractivity contribution < 1.29 is 0 Å². The molecule has 3 rings (SSSR count). The molecule has 1 N–H and O–H groups in total. The van der Waals surface area contributed by atoms with E-state index < -0.39 is 0 Å². The van der Waals surface area contributed by atoms with Crippen molar-refractivity contribution >= 4 is 26.7 Å². The van der Waals surface area contributed by atoms with E-state index in [9.17, 15) is 0 Å². The number of fused-ring (bicyclic) bond motifs is 1. The van der Waals surface area contributed by atoms with Crippen LogP contribution in [0.2, 0.25) is 0 Å². The molecule has 0 amide bonds. The molecule has 0 saturated carbocycles. The van der Waals surface area contributed by atoms with Crippen LogP contribution in [0.5, 0.6) is 0 Å². The molecule has 20 heavy (non-hydrogen) atoms. The molecule has 0 aliphatic heterocycles. The average Bonchev–Trinajstić information content (AvgIpc) is 2.91. The zero-order valence-electron chi connectivity index (χ0n) is 11.2. The molecule has 0 fully saturated rings. The second kappa shape index (κ2) is 5.73.